The summed E-state index contributed by atoms with van der Waals surface area (Å²) in [6, 6.07) is 8.39. The molecule has 1 aromatic rings. The van der Waals surface area contributed by atoms with Crippen LogP contribution in [0.2, 0.25) is 0 Å². The lowest BCUT2D eigenvalue weighted by atomic mass is 10.0. The maximum absolute atomic E-state index is 11.9. The third-order valence-electron chi connectivity index (χ3n) is 3.49. The standard InChI is InChI=1S/C14H19NO/c1-3-11(2)14(16)10-15-9-8-12-6-4-5-7-13(12)15/h4-7,11H,3,8-10H2,1-2H3. The SMILES string of the molecule is CCC(C)C(=O)CN1CCc2ccccc21. The van der Waals surface area contributed by atoms with E-state index in [0.717, 1.165) is 19.4 Å². The van der Waals surface area contributed by atoms with Crippen LogP contribution < -0.4 is 4.90 Å². The maximum atomic E-state index is 11.9. The van der Waals surface area contributed by atoms with Crippen molar-refractivity contribution >= 4 is 11.5 Å². The topological polar surface area (TPSA) is 20.3 Å². The molecule has 1 atom stereocenters. The molecular weight excluding hydrogens is 198 g/mol. The van der Waals surface area contributed by atoms with Gasteiger partial charge in [0.1, 0.15) is 0 Å². The van der Waals surface area contributed by atoms with E-state index < -0.39 is 0 Å². The summed E-state index contributed by atoms with van der Waals surface area (Å²) in [5.41, 5.74) is 2.62. The summed E-state index contributed by atoms with van der Waals surface area (Å²) >= 11 is 0. The lowest BCUT2D eigenvalue weighted by Gasteiger charge is -2.20. The van der Waals surface area contributed by atoms with Gasteiger partial charge in [0.15, 0.2) is 5.78 Å². The van der Waals surface area contributed by atoms with E-state index >= 15 is 0 Å². The monoisotopic (exact) mass is 217 g/mol. The third-order valence-corrected chi connectivity index (χ3v) is 3.49. The van der Waals surface area contributed by atoms with Crippen molar-refractivity contribution in [3.8, 4) is 0 Å². The van der Waals surface area contributed by atoms with Crippen molar-refractivity contribution < 1.29 is 4.79 Å². The van der Waals surface area contributed by atoms with Crippen LogP contribution in [0.4, 0.5) is 5.69 Å². The smallest absolute Gasteiger partial charge is 0.154 e. The number of rotatable bonds is 4. The fraction of sp³-hybridized carbons (Fsp3) is 0.500. The van der Waals surface area contributed by atoms with E-state index in [-0.39, 0.29) is 5.92 Å². The Hall–Kier alpha value is -1.31. The van der Waals surface area contributed by atoms with Gasteiger partial charge in [-0.2, -0.15) is 0 Å². The van der Waals surface area contributed by atoms with Crippen molar-refractivity contribution in [1.29, 1.82) is 0 Å². The van der Waals surface area contributed by atoms with Crippen molar-refractivity contribution in [1.82, 2.24) is 0 Å². The second-order valence-electron chi connectivity index (χ2n) is 4.58. The van der Waals surface area contributed by atoms with Crippen molar-refractivity contribution in [3.05, 3.63) is 29.8 Å². The lowest BCUT2D eigenvalue weighted by molar-refractivity contribution is -0.121. The van der Waals surface area contributed by atoms with Crippen LogP contribution in [0.3, 0.4) is 0 Å². The molecule has 0 bridgehead atoms. The Labute approximate surface area is 97.3 Å². The molecule has 0 N–H and O–H groups in total. The molecule has 0 spiro atoms. The second-order valence-corrected chi connectivity index (χ2v) is 4.58. The Bertz CT molecular complexity index is 386. The maximum Gasteiger partial charge on any atom is 0.154 e. The number of Topliss-reactive ketones (excluding diaryl/α,β-unsaturated/α-hetero) is 1. The Balaban J connectivity index is 2.06. The number of carbonyl (C=O) groups excluding carboxylic acids is 1. The molecular formula is C14H19NO. The number of carbonyl (C=O) groups is 1. The molecule has 2 nitrogen and oxygen atoms in total. The molecule has 0 aliphatic carbocycles. The van der Waals surface area contributed by atoms with Crippen LogP contribution in [0.5, 0.6) is 0 Å². The molecule has 0 fully saturated rings. The number of hydrogen-bond acceptors (Lipinski definition) is 2. The number of hydrogen-bond donors (Lipinski definition) is 0. The first-order valence-electron chi connectivity index (χ1n) is 6.08. The minimum absolute atomic E-state index is 0.188. The molecule has 16 heavy (non-hydrogen) atoms. The third kappa shape index (κ3) is 2.11. The summed E-state index contributed by atoms with van der Waals surface area (Å²) in [5.74, 6) is 0.548. The molecule has 2 heteroatoms. The van der Waals surface area contributed by atoms with Gasteiger partial charge in [-0.15, -0.1) is 0 Å². The van der Waals surface area contributed by atoms with Gasteiger partial charge in [0, 0.05) is 18.2 Å². The molecule has 2 rings (SSSR count). The van der Waals surface area contributed by atoms with Gasteiger partial charge in [-0.25, -0.2) is 0 Å². The predicted molar refractivity (Wildman–Crippen MR) is 66.8 cm³/mol. The highest BCUT2D eigenvalue weighted by molar-refractivity contribution is 5.86. The summed E-state index contributed by atoms with van der Waals surface area (Å²) in [6.07, 6.45) is 2.01. The average Bonchev–Trinajstić information content (AvgIpc) is 2.72. The van der Waals surface area contributed by atoms with Gasteiger partial charge in [-0.3, -0.25) is 4.79 Å². The molecule has 86 valence electrons. The molecule has 0 radical (unpaired) electrons. The molecule has 1 heterocycles. The summed E-state index contributed by atoms with van der Waals surface area (Å²) < 4.78 is 0. The van der Waals surface area contributed by atoms with Crippen molar-refractivity contribution in [2.45, 2.75) is 26.7 Å². The zero-order chi connectivity index (χ0) is 11.5. The number of anilines is 1. The highest BCUT2D eigenvalue weighted by Gasteiger charge is 2.22. The molecule has 1 aliphatic rings. The Morgan fingerprint density at radius 3 is 2.94 bits per heavy atom. The van der Waals surface area contributed by atoms with Gasteiger partial charge in [0.2, 0.25) is 0 Å². The van der Waals surface area contributed by atoms with E-state index in [9.17, 15) is 4.79 Å². The summed E-state index contributed by atoms with van der Waals surface area (Å²) in [6.45, 7) is 5.65. The fourth-order valence-electron chi connectivity index (χ4n) is 2.14. The Morgan fingerprint density at radius 1 is 1.44 bits per heavy atom. The number of nitrogens with zero attached hydrogens (tertiary/aromatic N) is 1. The van der Waals surface area contributed by atoms with Crippen molar-refractivity contribution in [3.63, 3.8) is 0 Å². The first-order valence-corrected chi connectivity index (χ1v) is 6.08. The van der Waals surface area contributed by atoms with Gasteiger partial charge in [0.25, 0.3) is 0 Å². The molecule has 1 aliphatic heterocycles. The molecule has 0 amide bonds. The highest BCUT2D eigenvalue weighted by Crippen LogP contribution is 2.27. The quantitative estimate of drug-likeness (QED) is 0.772. The number of fused-ring (bicyclic) bond motifs is 1. The number of ketones is 1. The summed E-state index contributed by atoms with van der Waals surface area (Å²) in [4.78, 5) is 14.1. The number of para-hydroxylation sites is 1. The van der Waals surface area contributed by atoms with Gasteiger partial charge < -0.3 is 4.90 Å². The van der Waals surface area contributed by atoms with Gasteiger partial charge in [0.05, 0.1) is 6.54 Å². The fourth-order valence-corrected chi connectivity index (χ4v) is 2.14. The van der Waals surface area contributed by atoms with Crippen LogP contribution in [0.1, 0.15) is 25.8 Å². The van der Waals surface area contributed by atoms with Crippen LogP contribution in [0.25, 0.3) is 0 Å². The predicted octanol–water partition coefficient (Wildman–Crippen LogP) is 2.66. The van der Waals surface area contributed by atoms with Gasteiger partial charge in [-0.05, 0) is 24.5 Å². The molecule has 0 saturated heterocycles. The minimum Gasteiger partial charge on any atom is -0.364 e. The van der Waals surface area contributed by atoms with Crippen LogP contribution in [0, 0.1) is 5.92 Å². The molecule has 0 aromatic heterocycles. The van der Waals surface area contributed by atoms with Crippen molar-refractivity contribution in [2.75, 3.05) is 18.0 Å². The van der Waals surface area contributed by atoms with E-state index in [1.54, 1.807) is 0 Å². The zero-order valence-electron chi connectivity index (χ0n) is 10.1. The van der Waals surface area contributed by atoms with E-state index in [1.807, 2.05) is 13.0 Å². The first kappa shape index (κ1) is 11.2. The molecule has 0 saturated carbocycles. The van der Waals surface area contributed by atoms with Crippen LogP contribution in [-0.2, 0) is 11.2 Å². The van der Waals surface area contributed by atoms with Crippen molar-refractivity contribution in [2.24, 2.45) is 5.92 Å². The minimum atomic E-state index is 0.188. The first-order chi connectivity index (χ1) is 7.72. The molecule has 1 aromatic carbocycles. The highest BCUT2D eigenvalue weighted by atomic mass is 16.1. The Morgan fingerprint density at radius 2 is 2.19 bits per heavy atom. The van der Waals surface area contributed by atoms with Crippen LogP contribution in [-0.4, -0.2) is 18.9 Å². The van der Waals surface area contributed by atoms with Gasteiger partial charge in [-0.1, -0.05) is 32.0 Å². The van der Waals surface area contributed by atoms with Gasteiger partial charge >= 0.3 is 0 Å². The van der Waals surface area contributed by atoms with Crippen LogP contribution >= 0.6 is 0 Å². The summed E-state index contributed by atoms with van der Waals surface area (Å²) in [7, 11) is 0. The van der Waals surface area contributed by atoms with E-state index in [4.69, 9.17) is 0 Å². The molecule has 1 unspecified atom stereocenters. The number of benzene rings is 1. The van der Waals surface area contributed by atoms with E-state index in [0.29, 0.717) is 12.3 Å². The Kier molecular flexibility index (Phi) is 3.28. The lowest BCUT2D eigenvalue weighted by Crippen LogP contribution is -2.30. The van der Waals surface area contributed by atoms with E-state index in [2.05, 4.69) is 30.0 Å². The largest absolute Gasteiger partial charge is 0.364 e. The van der Waals surface area contributed by atoms with E-state index in [1.165, 1.54) is 11.3 Å². The average molecular weight is 217 g/mol. The normalized spacial score (nSPS) is 16.0. The second kappa shape index (κ2) is 4.69. The van der Waals surface area contributed by atoms with Crippen LogP contribution in [0.15, 0.2) is 24.3 Å². The zero-order valence-corrected chi connectivity index (χ0v) is 10.1. The summed E-state index contributed by atoms with van der Waals surface area (Å²) in [5, 5.41) is 0.